The Morgan fingerprint density at radius 3 is 2.20 bits per heavy atom. The van der Waals surface area contributed by atoms with Gasteiger partial charge in [-0.05, 0) is 131 Å². The number of nitrogens with zero attached hydrogens (tertiary/aromatic N) is 8. The van der Waals surface area contributed by atoms with Gasteiger partial charge in [0.15, 0.2) is 10.9 Å². The van der Waals surface area contributed by atoms with E-state index in [9.17, 15) is 37.9 Å². The molecule has 16 nitrogen and oxygen atoms in total. The van der Waals surface area contributed by atoms with Crippen LogP contribution in [-0.4, -0.2) is 89.0 Å². The van der Waals surface area contributed by atoms with Crippen LogP contribution in [0.25, 0.3) is 10.4 Å². The van der Waals surface area contributed by atoms with Crippen LogP contribution < -0.4 is 29.3 Å². The molecule has 6 aromatic rings. The van der Waals surface area contributed by atoms with Crippen LogP contribution in [0, 0.1) is 24.2 Å². The molecule has 9 rings (SSSR count). The SMILES string of the molecule is Cc1ncsc1-c1ccc([C@H](C)NC(=O)[C@@H]2C[C@@H](O)CN2C(=O)[C@H](C(C)C)n2cc(Oc3ccc(OC4CCC(Oc5ccc(N6C(=S)N(c7ccc(C#N)c(C(F)(F)F)c7)C(=O)C6(C)C)cc5)CC4)nc3)cn2)cc1. The maximum atomic E-state index is 14.3. The van der Waals surface area contributed by atoms with Crippen molar-refractivity contribution in [2.24, 2.45) is 5.92 Å². The second kappa shape index (κ2) is 21.7. The normalized spacial score (nSPS) is 20.4. The third kappa shape index (κ3) is 11.1. The summed E-state index contributed by atoms with van der Waals surface area (Å²) in [6.45, 7) is 10.9. The molecule has 21 heteroatoms. The van der Waals surface area contributed by atoms with Crippen LogP contribution in [0.15, 0.2) is 103 Å². The first-order chi connectivity index (χ1) is 36.2. The second-order valence-corrected chi connectivity index (χ2v) is 21.3. The number of carbonyl (C=O) groups excluding carboxylic acids is 3. The number of hydrogen-bond acceptors (Lipinski definition) is 13. The van der Waals surface area contributed by atoms with Crippen molar-refractivity contribution in [1.29, 1.82) is 5.26 Å². The Labute approximate surface area is 447 Å². The fourth-order valence-corrected chi connectivity index (χ4v) is 11.3. The highest BCUT2D eigenvalue weighted by Gasteiger charge is 2.51. The van der Waals surface area contributed by atoms with Gasteiger partial charge < -0.3 is 34.4 Å². The first-order valence-electron chi connectivity index (χ1n) is 24.9. The molecule has 2 aliphatic heterocycles. The minimum Gasteiger partial charge on any atom is -0.490 e. The Hall–Kier alpha value is -7.41. The highest BCUT2D eigenvalue weighted by molar-refractivity contribution is 7.81. The van der Waals surface area contributed by atoms with Gasteiger partial charge in [0.25, 0.3) is 5.91 Å². The molecule has 0 spiro atoms. The van der Waals surface area contributed by atoms with Gasteiger partial charge in [0.1, 0.15) is 35.2 Å². The molecule has 2 N–H and O–H groups in total. The number of likely N-dealkylation sites (tertiary alicyclic amines) is 1. The standard InChI is InChI=1S/C55H56F3N9O7S2/c1-31(2)48(51(70)64-28-39(68)24-46(64)50(69)63-32(3)34-7-9-35(10-8-34)49-33(4)61-30-76-49)65-29-44(27-62-65)73-43-21-22-47(60-26-43)74-42-19-17-41(18-20-42)72-40-15-13-37(14-16-40)67-53(75)66(52(71)54(67,5)6)38-12-11-36(25-59)45(23-38)55(56,57)58/h7-16,21-23,26-27,29-32,39,41-42,46,48,68H,17-20,24,28H2,1-6H3,(H,63,69)/t32-,39+,41?,42?,46-,48-/m0/s1. The Kier molecular flexibility index (Phi) is 15.2. The van der Waals surface area contributed by atoms with Crippen molar-refractivity contribution < 1.29 is 46.9 Å². The second-order valence-electron chi connectivity index (χ2n) is 20.1. The number of anilines is 2. The van der Waals surface area contributed by atoms with E-state index in [2.05, 4.69) is 20.4 Å². The molecule has 3 aromatic heterocycles. The number of ether oxygens (including phenoxy) is 3. The maximum absolute atomic E-state index is 14.3. The van der Waals surface area contributed by atoms with Gasteiger partial charge in [-0.25, -0.2) is 9.97 Å². The number of aromatic nitrogens is 4. The zero-order valence-electron chi connectivity index (χ0n) is 42.5. The summed E-state index contributed by atoms with van der Waals surface area (Å²) in [7, 11) is 0. The van der Waals surface area contributed by atoms with E-state index in [1.54, 1.807) is 84.9 Å². The van der Waals surface area contributed by atoms with Crippen molar-refractivity contribution in [2.45, 2.75) is 122 Å². The summed E-state index contributed by atoms with van der Waals surface area (Å²) < 4.78 is 61.6. The van der Waals surface area contributed by atoms with Crippen LogP contribution in [-0.2, 0) is 20.6 Å². The monoisotopic (exact) mass is 1080 g/mol. The van der Waals surface area contributed by atoms with Crippen LogP contribution in [0.1, 0.15) is 101 Å². The lowest BCUT2D eigenvalue weighted by Crippen LogP contribution is -2.49. The summed E-state index contributed by atoms with van der Waals surface area (Å²) in [6.07, 6.45) is 1.78. The Bertz CT molecular complexity index is 3150. The lowest BCUT2D eigenvalue weighted by Gasteiger charge is -2.30. The number of hydrogen-bond donors (Lipinski definition) is 2. The number of rotatable bonds is 15. The van der Waals surface area contributed by atoms with Crippen molar-refractivity contribution in [3.8, 4) is 39.6 Å². The molecule has 3 aliphatic rings. The maximum Gasteiger partial charge on any atom is 0.417 e. The van der Waals surface area contributed by atoms with Crippen molar-refractivity contribution >= 4 is 57.8 Å². The van der Waals surface area contributed by atoms with Crippen LogP contribution >= 0.6 is 23.6 Å². The number of aliphatic hydroxyl groups excluding tert-OH is 1. The Balaban J connectivity index is 0.752. The molecule has 3 fully saturated rings. The average Bonchev–Trinajstić information content (AvgIpc) is 4.19. The highest BCUT2D eigenvalue weighted by atomic mass is 32.1. The predicted octanol–water partition coefficient (Wildman–Crippen LogP) is 10.1. The number of alkyl halides is 3. The molecule has 396 valence electrons. The minimum atomic E-state index is -4.80. The summed E-state index contributed by atoms with van der Waals surface area (Å²) in [5, 5.41) is 27.5. The van der Waals surface area contributed by atoms with Gasteiger partial charge in [-0.15, -0.1) is 11.3 Å². The minimum absolute atomic E-state index is 0.000732. The van der Waals surface area contributed by atoms with Gasteiger partial charge in [0, 0.05) is 24.7 Å². The largest absolute Gasteiger partial charge is 0.490 e. The molecule has 0 unspecified atom stereocenters. The third-order valence-electron chi connectivity index (χ3n) is 14.0. The van der Waals surface area contributed by atoms with E-state index in [4.69, 9.17) is 26.4 Å². The average molecular weight is 1080 g/mol. The van der Waals surface area contributed by atoms with Gasteiger partial charge >= 0.3 is 6.18 Å². The molecule has 1 aliphatic carbocycles. The van der Waals surface area contributed by atoms with E-state index in [0.717, 1.165) is 38.7 Å². The quantitative estimate of drug-likeness (QED) is 0.0926. The molecule has 0 radical (unpaired) electrons. The van der Waals surface area contributed by atoms with E-state index < -0.39 is 46.9 Å². The number of pyridine rings is 1. The lowest BCUT2D eigenvalue weighted by atomic mass is 9.95. The molecule has 3 aromatic carbocycles. The molecule has 0 bridgehead atoms. The number of halogens is 3. The van der Waals surface area contributed by atoms with E-state index in [1.165, 1.54) is 21.8 Å². The number of thiocarbonyl (C=S) groups is 1. The number of benzene rings is 3. The van der Waals surface area contributed by atoms with E-state index in [0.29, 0.717) is 54.5 Å². The molecular formula is C55H56F3N9O7S2. The van der Waals surface area contributed by atoms with Crippen molar-refractivity contribution in [1.82, 2.24) is 30.0 Å². The van der Waals surface area contributed by atoms with Crippen LogP contribution in [0.2, 0.25) is 0 Å². The molecule has 4 atom stereocenters. The van der Waals surface area contributed by atoms with Crippen LogP contribution in [0.5, 0.6) is 23.1 Å². The molecular weight excluding hydrogens is 1020 g/mol. The van der Waals surface area contributed by atoms with Crippen molar-refractivity contribution in [2.75, 3.05) is 16.3 Å². The number of aliphatic hydroxyl groups is 1. The smallest absolute Gasteiger partial charge is 0.417 e. The van der Waals surface area contributed by atoms with Gasteiger partial charge in [0.2, 0.25) is 17.7 Å². The van der Waals surface area contributed by atoms with Crippen LogP contribution in [0.3, 0.4) is 0 Å². The molecule has 3 amide bonds. The molecule has 2 saturated heterocycles. The number of amides is 3. The number of β-amino-alcohol motifs (C(OH)–C–C–N with tert-alkyl or cyclic N) is 1. The summed E-state index contributed by atoms with van der Waals surface area (Å²) in [4.78, 5) is 55.7. The Morgan fingerprint density at radius 2 is 1.58 bits per heavy atom. The predicted molar refractivity (Wildman–Crippen MR) is 282 cm³/mol. The fraction of sp³-hybridized carbons (Fsp3) is 0.382. The summed E-state index contributed by atoms with van der Waals surface area (Å²) >= 11 is 7.25. The van der Waals surface area contributed by atoms with E-state index in [1.807, 2.05) is 57.5 Å². The summed E-state index contributed by atoms with van der Waals surface area (Å²) in [5.41, 5.74) is 2.26. The molecule has 1 saturated carbocycles. The summed E-state index contributed by atoms with van der Waals surface area (Å²) in [5.74, 6) is 0.401. The zero-order chi connectivity index (χ0) is 54.2. The van der Waals surface area contributed by atoms with Gasteiger partial charge in [-0.3, -0.25) is 24.0 Å². The fourth-order valence-electron chi connectivity index (χ4n) is 10.00. The van der Waals surface area contributed by atoms with E-state index >= 15 is 0 Å². The van der Waals surface area contributed by atoms with E-state index in [-0.39, 0.29) is 59.7 Å². The zero-order valence-corrected chi connectivity index (χ0v) is 44.2. The lowest BCUT2D eigenvalue weighted by molar-refractivity contribution is -0.142. The first kappa shape index (κ1) is 53.4. The highest BCUT2D eigenvalue weighted by Crippen LogP contribution is 2.41. The first-order valence-corrected chi connectivity index (χ1v) is 26.2. The van der Waals surface area contributed by atoms with Crippen molar-refractivity contribution in [3.05, 3.63) is 125 Å². The van der Waals surface area contributed by atoms with Crippen LogP contribution in [0.4, 0.5) is 24.5 Å². The third-order valence-corrected chi connectivity index (χ3v) is 15.3. The van der Waals surface area contributed by atoms with Gasteiger partial charge in [-0.1, -0.05) is 38.1 Å². The van der Waals surface area contributed by atoms with Gasteiger partial charge in [0.05, 0.1) is 75.8 Å². The number of carbonyl (C=O) groups is 3. The van der Waals surface area contributed by atoms with Gasteiger partial charge in [-0.2, -0.15) is 23.5 Å². The number of nitrogens with one attached hydrogen (secondary N) is 1. The Morgan fingerprint density at radius 1 is 0.908 bits per heavy atom. The number of thiazole rings is 1. The number of aryl methyl sites for hydroxylation is 1. The summed E-state index contributed by atoms with van der Waals surface area (Å²) in [6, 6.07) is 21.1. The number of nitriles is 1. The van der Waals surface area contributed by atoms with Crippen molar-refractivity contribution in [3.63, 3.8) is 0 Å². The topological polar surface area (TPSA) is 188 Å². The molecule has 76 heavy (non-hydrogen) atoms. The molecule has 5 heterocycles.